The number of oxazole rings is 1. The van der Waals surface area contributed by atoms with E-state index in [2.05, 4.69) is 10.3 Å². The standard InChI is InChI=1S/C15H19N3O2/c1-8-5-9(2)13(16)6-12(8)15(19)17-7-14-18-10(3)11(4)20-14/h5-6H,7,16H2,1-4H3,(H,17,19). The molecule has 106 valence electrons. The van der Waals surface area contributed by atoms with Gasteiger partial charge in [0.2, 0.25) is 5.89 Å². The summed E-state index contributed by atoms with van der Waals surface area (Å²) >= 11 is 0. The number of carbonyl (C=O) groups is 1. The monoisotopic (exact) mass is 273 g/mol. The molecule has 0 spiro atoms. The molecule has 1 aromatic carbocycles. The Morgan fingerprint density at radius 1 is 1.25 bits per heavy atom. The maximum Gasteiger partial charge on any atom is 0.252 e. The minimum atomic E-state index is -0.178. The molecule has 0 unspecified atom stereocenters. The molecular weight excluding hydrogens is 254 g/mol. The van der Waals surface area contributed by atoms with Crippen molar-refractivity contribution in [2.24, 2.45) is 0 Å². The van der Waals surface area contributed by atoms with Crippen molar-refractivity contribution >= 4 is 11.6 Å². The van der Waals surface area contributed by atoms with Gasteiger partial charge in [0.1, 0.15) is 5.76 Å². The first-order valence-corrected chi connectivity index (χ1v) is 6.46. The normalized spacial score (nSPS) is 10.6. The van der Waals surface area contributed by atoms with Gasteiger partial charge >= 0.3 is 0 Å². The molecule has 5 nitrogen and oxygen atoms in total. The zero-order chi connectivity index (χ0) is 14.9. The summed E-state index contributed by atoms with van der Waals surface area (Å²) in [5.74, 6) is 1.10. The van der Waals surface area contributed by atoms with E-state index in [4.69, 9.17) is 10.2 Å². The van der Waals surface area contributed by atoms with Gasteiger partial charge in [0.25, 0.3) is 5.91 Å². The molecule has 1 heterocycles. The first kappa shape index (κ1) is 14.1. The molecule has 2 rings (SSSR count). The Morgan fingerprint density at radius 3 is 2.55 bits per heavy atom. The number of amides is 1. The van der Waals surface area contributed by atoms with Crippen LogP contribution in [0.4, 0.5) is 5.69 Å². The molecule has 0 radical (unpaired) electrons. The number of nitrogens with two attached hydrogens (primary N) is 1. The van der Waals surface area contributed by atoms with Crippen LogP contribution >= 0.6 is 0 Å². The van der Waals surface area contributed by atoms with Crippen LogP contribution in [0.3, 0.4) is 0 Å². The van der Waals surface area contributed by atoms with Crippen molar-refractivity contribution in [3.05, 3.63) is 46.2 Å². The highest BCUT2D eigenvalue weighted by atomic mass is 16.4. The van der Waals surface area contributed by atoms with Crippen LogP contribution in [0.25, 0.3) is 0 Å². The Morgan fingerprint density at radius 2 is 1.95 bits per heavy atom. The number of aromatic nitrogens is 1. The molecule has 0 bridgehead atoms. The van der Waals surface area contributed by atoms with E-state index < -0.39 is 0 Å². The molecule has 20 heavy (non-hydrogen) atoms. The lowest BCUT2D eigenvalue weighted by Gasteiger charge is -2.09. The van der Waals surface area contributed by atoms with E-state index in [-0.39, 0.29) is 12.5 Å². The molecule has 0 aliphatic carbocycles. The van der Waals surface area contributed by atoms with Crippen LogP contribution in [0.1, 0.15) is 38.8 Å². The smallest absolute Gasteiger partial charge is 0.252 e. The number of anilines is 1. The first-order chi connectivity index (χ1) is 9.38. The summed E-state index contributed by atoms with van der Waals surface area (Å²) < 4.78 is 5.42. The van der Waals surface area contributed by atoms with Gasteiger partial charge < -0.3 is 15.5 Å². The molecule has 2 aromatic rings. The number of nitrogens with one attached hydrogen (secondary N) is 1. The number of hydrogen-bond donors (Lipinski definition) is 2. The van der Waals surface area contributed by atoms with Gasteiger partial charge in [-0.3, -0.25) is 4.79 Å². The molecule has 5 heteroatoms. The molecule has 0 saturated heterocycles. The molecule has 3 N–H and O–H groups in total. The third-order valence-electron chi connectivity index (χ3n) is 3.33. The number of carbonyl (C=O) groups excluding carboxylic acids is 1. The van der Waals surface area contributed by atoms with Crippen molar-refractivity contribution in [2.45, 2.75) is 34.2 Å². The lowest BCUT2D eigenvalue weighted by atomic mass is 10.0. The molecule has 0 saturated carbocycles. The van der Waals surface area contributed by atoms with Crippen LogP contribution in [-0.2, 0) is 6.54 Å². The zero-order valence-corrected chi connectivity index (χ0v) is 12.2. The quantitative estimate of drug-likeness (QED) is 0.841. The van der Waals surface area contributed by atoms with E-state index in [9.17, 15) is 4.79 Å². The van der Waals surface area contributed by atoms with Crippen LogP contribution < -0.4 is 11.1 Å². The first-order valence-electron chi connectivity index (χ1n) is 6.46. The number of nitrogens with zero attached hydrogens (tertiary/aromatic N) is 1. The van der Waals surface area contributed by atoms with E-state index in [1.165, 1.54) is 0 Å². The maximum absolute atomic E-state index is 12.2. The number of rotatable bonds is 3. The predicted octanol–water partition coefficient (Wildman–Crippen LogP) is 2.42. The molecule has 1 aromatic heterocycles. The van der Waals surface area contributed by atoms with E-state index in [0.29, 0.717) is 17.1 Å². The Hall–Kier alpha value is -2.30. The number of nitrogen functional groups attached to an aromatic ring is 1. The van der Waals surface area contributed by atoms with Gasteiger partial charge in [-0.15, -0.1) is 0 Å². The Kier molecular flexibility index (Phi) is 3.79. The van der Waals surface area contributed by atoms with Crippen molar-refractivity contribution in [3.63, 3.8) is 0 Å². The van der Waals surface area contributed by atoms with E-state index in [1.54, 1.807) is 6.07 Å². The minimum Gasteiger partial charge on any atom is -0.444 e. The largest absolute Gasteiger partial charge is 0.444 e. The van der Waals surface area contributed by atoms with E-state index >= 15 is 0 Å². The second kappa shape index (κ2) is 5.36. The highest BCUT2D eigenvalue weighted by Gasteiger charge is 2.12. The van der Waals surface area contributed by atoms with Gasteiger partial charge in [0, 0.05) is 11.3 Å². The van der Waals surface area contributed by atoms with Gasteiger partial charge in [0.15, 0.2) is 0 Å². The molecule has 0 aliphatic heterocycles. The summed E-state index contributed by atoms with van der Waals surface area (Å²) in [7, 11) is 0. The van der Waals surface area contributed by atoms with Gasteiger partial charge in [-0.05, 0) is 44.9 Å². The molecular formula is C15H19N3O2. The summed E-state index contributed by atoms with van der Waals surface area (Å²) in [5, 5.41) is 2.79. The highest BCUT2D eigenvalue weighted by molar-refractivity contribution is 5.96. The van der Waals surface area contributed by atoms with Crippen molar-refractivity contribution in [1.82, 2.24) is 10.3 Å². The number of benzene rings is 1. The number of aryl methyl sites for hydroxylation is 4. The van der Waals surface area contributed by atoms with Crippen molar-refractivity contribution in [3.8, 4) is 0 Å². The molecule has 0 aliphatic rings. The van der Waals surface area contributed by atoms with Gasteiger partial charge in [-0.1, -0.05) is 6.07 Å². The summed E-state index contributed by atoms with van der Waals surface area (Å²) in [6, 6.07) is 3.61. The fraction of sp³-hybridized carbons (Fsp3) is 0.333. The summed E-state index contributed by atoms with van der Waals surface area (Å²) in [4.78, 5) is 16.4. The van der Waals surface area contributed by atoms with Crippen molar-refractivity contribution < 1.29 is 9.21 Å². The SMILES string of the molecule is Cc1cc(C)c(C(=O)NCc2nc(C)c(C)o2)cc1N. The second-order valence-corrected chi connectivity index (χ2v) is 4.96. The lowest BCUT2D eigenvalue weighted by molar-refractivity contribution is 0.0946. The summed E-state index contributed by atoms with van der Waals surface area (Å²) in [6.07, 6.45) is 0. The summed E-state index contributed by atoms with van der Waals surface area (Å²) in [5.41, 5.74) is 9.74. The fourth-order valence-electron chi connectivity index (χ4n) is 1.98. The Balaban J connectivity index is 2.11. The molecule has 0 fully saturated rings. The van der Waals surface area contributed by atoms with Crippen LogP contribution in [0, 0.1) is 27.7 Å². The van der Waals surface area contributed by atoms with Crippen LogP contribution in [0.15, 0.2) is 16.5 Å². The van der Waals surface area contributed by atoms with Gasteiger partial charge in [0.05, 0.1) is 12.2 Å². The fourth-order valence-corrected chi connectivity index (χ4v) is 1.98. The van der Waals surface area contributed by atoms with E-state index in [1.807, 2.05) is 33.8 Å². The van der Waals surface area contributed by atoms with Gasteiger partial charge in [-0.2, -0.15) is 0 Å². The maximum atomic E-state index is 12.2. The third-order valence-corrected chi connectivity index (χ3v) is 3.33. The van der Waals surface area contributed by atoms with Crippen LogP contribution in [0.2, 0.25) is 0 Å². The third kappa shape index (κ3) is 2.82. The minimum absolute atomic E-state index is 0.178. The Labute approximate surface area is 118 Å². The van der Waals surface area contributed by atoms with Crippen LogP contribution in [0.5, 0.6) is 0 Å². The molecule has 0 atom stereocenters. The number of hydrogen-bond acceptors (Lipinski definition) is 4. The topological polar surface area (TPSA) is 81.2 Å². The average Bonchev–Trinajstić information content (AvgIpc) is 2.70. The highest BCUT2D eigenvalue weighted by Crippen LogP contribution is 2.18. The van der Waals surface area contributed by atoms with Crippen molar-refractivity contribution in [1.29, 1.82) is 0 Å². The molecule has 1 amide bonds. The second-order valence-electron chi connectivity index (χ2n) is 4.96. The van der Waals surface area contributed by atoms with Crippen molar-refractivity contribution in [2.75, 3.05) is 5.73 Å². The van der Waals surface area contributed by atoms with Gasteiger partial charge in [-0.25, -0.2) is 4.98 Å². The Bertz CT molecular complexity index is 640. The average molecular weight is 273 g/mol. The summed E-state index contributed by atoms with van der Waals surface area (Å²) in [6.45, 7) is 7.79. The predicted molar refractivity (Wildman–Crippen MR) is 77.5 cm³/mol. The lowest BCUT2D eigenvalue weighted by Crippen LogP contribution is -2.24. The van der Waals surface area contributed by atoms with E-state index in [0.717, 1.165) is 22.6 Å². The zero-order valence-electron chi connectivity index (χ0n) is 12.2. The van der Waals surface area contributed by atoms with Crippen LogP contribution in [-0.4, -0.2) is 10.9 Å².